The summed E-state index contributed by atoms with van der Waals surface area (Å²) >= 11 is 1.64. The van der Waals surface area contributed by atoms with Crippen LogP contribution in [-0.2, 0) is 0 Å². The summed E-state index contributed by atoms with van der Waals surface area (Å²) in [6, 6.07) is 7.49. The van der Waals surface area contributed by atoms with Gasteiger partial charge in [-0.3, -0.25) is 4.79 Å². The molecule has 2 N–H and O–H groups in total. The van der Waals surface area contributed by atoms with E-state index in [1.807, 2.05) is 39.0 Å². The van der Waals surface area contributed by atoms with E-state index < -0.39 is 0 Å². The van der Waals surface area contributed by atoms with E-state index in [4.69, 9.17) is 5.73 Å². The fraction of sp³-hybridized carbons (Fsp3) is 0.214. The third kappa shape index (κ3) is 2.11. The zero-order valence-electron chi connectivity index (χ0n) is 10.2. The second-order valence-corrected chi connectivity index (χ2v) is 5.66. The van der Waals surface area contributed by atoms with Crippen LogP contribution in [0.1, 0.15) is 31.2 Å². The summed E-state index contributed by atoms with van der Waals surface area (Å²) in [7, 11) is 0. The van der Waals surface area contributed by atoms with Crippen LogP contribution in [0.3, 0.4) is 0 Å². The Balaban J connectivity index is 2.55. The van der Waals surface area contributed by atoms with Crippen molar-refractivity contribution in [1.82, 2.24) is 0 Å². The largest absolute Gasteiger partial charge is 0.398 e. The molecule has 1 aromatic heterocycles. The maximum atomic E-state index is 12.4. The number of rotatable bonds is 2. The van der Waals surface area contributed by atoms with E-state index in [0.29, 0.717) is 11.3 Å². The van der Waals surface area contributed by atoms with Gasteiger partial charge >= 0.3 is 0 Å². The minimum Gasteiger partial charge on any atom is -0.398 e. The number of nitrogen functional groups attached to an aromatic ring is 1. The lowest BCUT2D eigenvalue weighted by Crippen LogP contribution is -2.07. The summed E-state index contributed by atoms with van der Waals surface area (Å²) in [5.74, 6) is 0.0300. The molecule has 0 radical (unpaired) electrons. The van der Waals surface area contributed by atoms with Gasteiger partial charge in [0.2, 0.25) is 0 Å². The molecule has 0 aliphatic carbocycles. The smallest absolute Gasteiger partial charge is 0.196 e. The first-order valence-electron chi connectivity index (χ1n) is 5.47. The molecule has 0 saturated carbocycles. The second-order valence-electron chi connectivity index (χ2n) is 4.20. The second kappa shape index (κ2) is 4.34. The van der Waals surface area contributed by atoms with Crippen LogP contribution < -0.4 is 5.73 Å². The van der Waals surface area contributed by atoms with Crippen LogP contribution in [0.5, 0.6) is 0 Å². The molecule has 2 nitrogen and oxygen atoms in total. The van der Waals surface area contributed by atoms with Gasteiger partial charge in [0, 0.05) is 26.6 Å². The molecule has 0 atom stereocenters. The van der Waals surface area contributed by atoms with Gasteiger partial charge in [-0.15, -0.1) is 11.3 Å². The summed E-state index contributed by atoms with van der Waals surface area (Å²) < 4.78 is 0. The highest BCUT2D eigenvalue weighted by Gasteiger charge is 2.18. The summed E-state index contributed by atoms with van der Waals surface area (Å²) in [6.07, 6.45) is 0. The SMILES string of the molecule is Cc1cc(C(=O)c2c(C)cccc2N)c(C)s1. The molecule has 0 amide bonds. The van der Waals surface area contributed by atoms with E-state index in [2.05, 4.69) is 0 Å². The monoisotopic (exact) mass is 245 g/mol. The highest BCUT2D eigenvalue weighted by atomic mass is 32.1. The molecule has 1 heterocycles. The van der Waals surface area contributed by atoms with Crippen LogP contribution in [0.25, 0.3) is 0 Å². The molecule has 0 unspecified atom stereocenters. The number of nitrogens with two attached hydrogens (primary N) is 1. The van der Waals surface area contributed by atoms with Crippen molar-refractivity contribution in [2.75, 3.05) is 5.73 Å². The minimum absolute atomic E-state index is 0.0300. The van der Waals surface area contributed by atoms with Crippen LogP contribution in [-0.4, -0.2) is 5.78 Å². The molecule has 3 heteroatoms. The Labute approximate surface area is 105 Å². The van der Waals surface area contributed by atoms with E-state index in [1.54, 1.807) is 17.4 Å². The predicted octanol–water partition coefficient (Wildman–Crippen LogP) is 3.49. The molecule has 88 valence electrons. The van der Waals surface area contributed by atoms with Gasteiger partial charge < -0.3 is 5.73 Å². The van der Waals surface area contributed by atoms with Crippen LogP contribution in [0.4, 0.5) is 5.69 Å². The van der Waals surface area contributed by atoms with Crippen molar-refractivity contribution < 1.29 is 4.79 Å². The van der Waals surface area contributed by atoms with Crippen molar-refractivity contribution >= 4 is 22.8 Å². The quantitative estimate of drug-likeness (QED) is 0.650. The van der Waals surface area contributed by atoms with E-state index in [1.165, 1.54) is 0 Å². The molecule has 0 aliphatic rings. The number of carbonyl (C=O) groups excluding carboxylic acids is 1. The predicted molar refractivity (Wildman–Crippen MR) is 72.8 cm³/mol. The molecular weight excluding hydrogens is 230 g/mol. The van der Waals surface area contributed by atoms with Crippen molar-refractivity contribution in [2.24, 2.45) is 0 Å². The number of carbonyl (C=O) groups is 1. The van der Waals surface area contributed by atoms with Gasteiger partial charge in [0.25, 0.3) is 0 Å². The van der Waals surface area contributed by atoms with Crippen molar-refractivity contribution in [3.05, 3.63) is 50.7 Å². The number of aryl methyl sites for hydroxylation is 3. The van der Waals surface area contributed by atoms with Gasteiger partial charge in [-0.25, -0.2) is 0 Å². The fourth-order valence-electron chi connectivity index (χ4n) is 1.99. The number of hydrogen-bond acceptors (Lipinski definition) is 3. The average Bonchev–Trinajstić information content (AvgIpc) is 2.57. The van der Waals surface area contributed by atoms with Crippen LogP contribution >= 0.6 is 11.3 Å². The number of thiophene rings is 1. The van der Waals surface area contributed by atoms with Gasteiger partial charge in [-0.2, -0.15) is 0 Å². The van der Waals surface area contributed by atoms with Gasteiger partial charge in [0.15, 0.2) is 5.78 Å². The molecule has 0 spiro atoms. The fourth-order valence-corrected chi connectivity index (χ4v) is 2.91. The maximum Gasteiger partial charge on any atom is 0.196 e. The van der Waals surface area contributed by atoms with Crippen molar-refractivity contribution in [1.29, 1.82) is 0 Å². The Morgan fingerprint density at radius 3 is 2.47 bits per heavy atom. The van der Waals surface area contributed by atoms with E-state index >= 15 is 0 Å². The first-order valence-corrected chi connectivity index (χ1v) is 6.29. The Morgan fingerprint density at radius 2 is 1.94 bits per heavy atom. The number of anilines is 1. The molecule has 0 saturated heterocycles. The summed E-state index contributed by atoms with van der Waals surface area (Å²) in [5.41, 5.74) is 8.79. The Hall–Kier alpha value is -1.61. The molecule has 17 heavy (non-hydrogen) atoms. The Morgan fingerprint density at radius 1 is 1.24 bits per heavy atom. The molecule has 0 bridgehead atoms. The van der Waals surface area contributed by atoms with Crippen molar-refractivity contribution in [2.45, 2.75) is 20.8 Å². The molecule has 2 rings (SSSR count). The lowest BCUT2D eigenvalue weighted by molar-refractivity contribution is 0.103. The first kappa shape index (κ1) is 11.9. The molecule has 2 aromatic rings. The summed E-state index contributed by atoms with van der Waals surface area (Å²) in [4.78, 5) is 14.7. The van der Waals surface area contributed by atoms with Crippen molar-refractivity contribution in [3.63, 3.8) is 0 Å². The molecule has 0 aliphatic heterocycles. The maximum absolute atomic E-state index is 12.4. The van der Waals surface area contributed by atoms with Crippen molar-refractivity contribution in [3.8, 4) is 0 Å². The van der Waals surface area contributed by atoms with Crippen LogP contribution in [0, 0.1) is 20.8 Å². The normalized spacial score (nSPS) is 10.5. The number of benzene rings is 1. The van der Waals surface area contributed by atoms with Crippen LogP contribution in [0.2, 0.25) is 0 Å². The number of hydrogen-bond donors (Lipinski definition) is 1. The van der Waals surface area contributed by atoms with Gasteiger partial charge in [-0.1, -0.05) is 12.1 Å². The Bertz CT molecular complexity index is 564. The van der Waals surface area contributed by atoms with E-state index in [9.17, 15) is 4.79 Å². The van der Waals surface area contributed by atoms with E-state index in [0.717, 1.165) is 20.9 Å². The minimum atomic E-state index is 0.0300. The summed E-state index contributed by atoms with van der Waals surface area (Å²) in [5, 5.41) is 0. The third-order valence-corrected chi connectivity index (χ3v) is 3.78. The summed E-state index contributed by atoms with van der Waals surface area (Å²) in [6.45, 7) is 5.90. The average molecular weight is 245 g/mol. The van der Waals surface area contributed by atoms with Crippen LogP contribution in [0.15, 0.2) is 24.3 Å². The lowest BCUT2D eigenvalue weighted by Gasteiger charge is -2.07. The van der Waals surface area contributed by atoms with Gasteiger partial charge in [-0.05, 0) is 38.5 Å². The number of ketones is 1. The third-order valence-electron chi connectivity index (χ3n) is 2.82. The highest BCUT2D eigenvalue weighted by Crippen LogP contribution is 2.26. The topological polar surface area (TPSA) is 43.1 Å². The molecule has 0 fully saturated rings. The van der Waals surface area contributed by atoms with Gasteiger partial charge in [0.05, 0.1) is 0 Å². The zero-order valence-corrected chi connectivity index (χ0v) is 11.0. The molecular formula is C14H15NOS. The zero-order chi connectivity index (χ0) is 12.6. The standard InChI is InChI=1S/C14H15NOS/c1-8-5-4-6-12(15)13(8)14(16)11-7-9(2)17-10(11)3/h4-7H,15H2,1-3H3. The molecule has 1 aromatic carbocycles. The first-order chi connectivity index (χ1) is 8.00. The lowest BCUT2D eigenvalue weighted by atomic mass is 9.98. The highest BCUT2D eigenvalue weighted by molar-refractivity contribution is 7.12. The Kier molecular flexibility index (Phi) is 3.03. The van der Waals surface area contributed by atoms with E-state index in [-0.39, 0.29) is 5.78 Å². The van der Waals surface area contributed by atoms with Gasteiger partial charge in [0.1, 0.15) is 0 Å².